The van der Waals surface area contributed by atoms with Crippen LogP contribution in [0, 0.1) is 17.8 Å². The van der Waals surface area contributed by atoms with Crippen LogP contribution in [0.25, 0.3) is 10.9 Å². The fraction of sp³-hybridized carbons (Fsp3) is 0.475. The number of H-pyrrole nitrogens is 1. The number of halogens is 1. The number of phenols is 1. The van der Waals surface area contributed by atoms with Crippen LogP contribution in [-0.2, 0) is 67.2 Å². The minimum Gasteiger partial charge on any atom is -0.508 e. The first-order chi connectivity index (χ1) is 41.7. The number of para-hydroxylation sites is 1. The van der Waals surface area contributed by atoms with E-state index in [1.54, 1.807) is 36.5 Å². The molecule has 0 bridgehead atoms. The van der Waals surface area contributed by atoms with E-state index in [0.29, 0.717) is 17.5 Å². The van der Waals surface area contributed by atoms with Crippen LogP contribution < -0.4 is 54.4 Å². The van der Waals surface area contributed by atoms with Gasteiger partial charge < -0.3 is 74.5 Å². The number of aliphatic imine (C=N–C) groups is 1. The van der Waals surface area contributed by atoms with Gasteiger partial charge >= 0.3 is 6.03 Å². The Labute approximate surface area is 508 Å². The number of aromatic amines is 1. The number of aliphatic hydroxyl groups excluding tert-OH is 1. The number of ketones is 3. The molecule has 1 fully saturated rings. The number of aromatic nitrogens is 1. The zero-order valence-corrected chi connectivity index (χ0v) is 50.0. The lowest BCUT2D eigenvalue weighted by molar-refractivity contribution is -0.142. The number of benzene rings is 3. The molecule has 1 aliphatic rings. The van der Waals surface area contributed by atoms with Crippen molar-refractivity contribution in [2.24, 2.45) is 39.9 Å². The fourth-order valence-electron chi connectivity index (χ4n) is 10.3. The number of nitrogens with one attached hydrogen (secondary N) is 8. The molecule has 1 aromatic heterocycles. The van der Waals surface area contributed by atoms with Crippen molar-refractivity contribution in [3.8, 4) is 5.75 Å². The summed E-state index contributed by atoms with van der Waals surface area (Å²) < 4.78 is 15.2. The molecule has 9 amide bonds. The topological polar surface area (TPSA) is 422 Å². The number of Topliss-reactive ketones (excluding diaryl/α,β-unsaturated/α-hetero) is 3. The number of nitrogens with two attached hydrogens (primary N) is 3. The van der Waals surface area contributed by atoms with Crippen molar-refractivity contribution in [2.45, 2.75) is 140 Å². The summed E-state index contributed by atoms with van der Waals surface area (Å²) in [6, 6.07) is 12.3. The number of fused-ring (bicyclic) bond motifs is 1. The van der Waals surface area contributed by atoms with E-state index < -0.39 is 157 Å². The number of hydrogen-bond donors (Lipinski definition) is 13. The van der Waals surface area contributed by atoms with Gasteiger partial charge in [0.1, 0.15) is 30.0 Å². The Morgan fingerprint density at radius 2 is 1.34 bits per heavy atom. The lowest BCUT2D eigenvalue weighted by Gasteiger charge is -2.30. The number of primary amides is 2. The Kier molecular flexibility index (Phi) is 26.5. The zero-order chi connectivity index (χ0) is 64.8. The molecular formula is C61H82FN13O13. The van der Waals surface area contributed by atoms with Gasteiger partial charge in [-0.05, 0) is 73.4 Å². The summed E-state index contributed by atoms with van der Waals surface area (Å²) in [5.74, 6) is -11.0. The summed E-state index contributed by atoms with van der Waals surface area (Å²) in [6.07, 6.45) is -3.76. The molecule has 10 atom stereocenters. The van der Waals surface area contributed by atoms with Gasteiger partial charge in [0.05, 0.1) is 49.7 Å². The number of guanidine groups is 1. The van der Waals surface area contributed by atoms with Gasteiger partial charge in [0.25, 0.3) is 0 Å². The van der Waals surface area contributed by atoms with E-state index in [1.807, 2.05) is 38.1 Å². The summed E-state index contributed by atoms with van der Waals surface area (Å²) in [6.45, 7) is 4.98. The first-order valence-electron chi connectivity index (χ1n) is 29.1. The van der Waals surface area contributed by atoms with Crippen molar-refractivity contribution in [1.82, 2.24) is 47.1 Å². The van der Waals surface area contributed by atoms with Gasteiger partial charge in [-0.2, -0.15) is 0 Å². The van der Waals surface area contributed by atoms with Gasteiger partial charge in [-0.1, -0.05) is 74.5 Å². The SMILES string of the molecule is CN=C(N)NCCC[C@H](CC(=O)[C@H](CC(C)C)NC(=O)NCC(=O)[C@H](Cc1ccccc1)NC(=O)[C@@H](CC(=O)[C@H](CC(N)=O)NC(=O)[C@@H]1C[C@@H](F)CN1C(=O)[C@@H](Cc1ccc(O)cc1)NC(C)=O)[C@@H](C)O)C(=O)N[C@@H](Cc1c[nH]c2ccccc12)C(N)=O. The van der Waals surface area contributed by atoms with E-state index in [4.69, 9.17) is 17.2 Å². The molecule has 0 spiro atoms. The Bertz CT molecular complexity index is 3140. The molecule has 5 rings (SSSR count). The van der Waals surface area contributed by atoms with Gasteiger partial charge in [-0.25, -0.2) is 9.18 Å². The molecule has 476 valence electrons. The first-order valence-corrected chi connectivity index (χ1v) is 29.1. The van der Waals surface area contributed by atoms with Crippen LogP contribution in [0.1, 0.15) is 89.3 Å². The van der Waals surface area contributed by atoms with Gasteiger partial charge in [-0.3, -0.25) is 52.9 Å². The predicted octanol–water partition coefficient (Wildman–Crippen LogP) is 0.289. The molecule has 27 heteroatoms. The largest absolute Gasteiger partial charge is 0.508 e. The van der Waals surface area contributed by atoms with Crippen LogP contribution in [0.5, 0.6) is 5.75 Å². The molecule has 16 N–H and O–H groups in total. The number of aromatic hydroxyl groups is 1. The Morgan fingerprint density at radius 3 is 1.98 bits per heavy atom. The average Bonchev–Trinajstić information content (AvgIpc) is 2.76. The number of likely N-dealkylation sites (tertiary alicyclic amines) is 1. The van der Waals surface area contributed by atoms with Crippen LogP contribution in [0.2, 0.25) is 0 Å². The third kappa shape index (κ3) is 21.6. The second-order valence-electron chi connectivity index (χ2n) is 22.5. The summed E-state index contributed by atoms with van der Waals surface area (Å²) in [5, 5.41) is 39.7. The van der Waals surface area contributed by atoms with Crippen LogP contribution in [-0.4, -0.2) is 166 Å². The van der Waals surface area contributed by atoms with Crippen molar-refractivity contribution in [2.75, 3.05) is 26.7 Å². The lowest BCUT2D eigenvalue weighted by atomic mass is 9.90. The van der Waals surface area contributed by atoms with Gasteiger partial charge in [0.15, 0.2) is 23.3 Å². The van der Waals surface area contributed by atoms with E-state index in [0.717, 1.165) is 28.3 Å². The van der Waals surface area contributed by atoms with Crippen molar-refractivity contribution in [1.29, 1.82) is 0 Å². The molecule has 0 aliphatic carbocycles. The van der Waals surface area contributed by atoms with Crippen molar-refractivity contribution < 1.29 is 67.3 Å². The molecule has 1 aliphatic heterocycles. The molecule has 1 saturated heterocycles. The number of hydrogen-bond acceptors (Lipinski definition) is 14. The second kappa shape index (κ2) is 33.6. The van der Waals surface area contributed by atoms with Crippen molar-refractivity contribution in [3.05, 3.63) is 102 Å². The Balaban J connectivity index is 1.28. The molecule has 0 saturated carbocycles. The maximum atomic E-state index is 15.2. The number of aliphatic hydroxyl groups is 1. The van der Waals surface area contributed by atoms with E-state index in [1.165, 1.54) is 38.2 Å². The Morgan fingerprint density at radius 1 is 0.705 bits per heavy atom. The molecule has 26 nitrogen and oxygen atoms in total. The number of alkyl halides is 1. The quantitative estimate of drug-likeness (QED) is 0.0170. The van der Waals surface area contributed by atoms with Crippen LogP contribution in [0.15, 0.2) is 90.1 Å². The maximum Gasteiger partial charge on any atom is 0.315 e. The molecule has 4 aromatic rings. The highest BCUT2D eigenvalue weighted by atomic mass is 19.1. The molecule has 88 heavy (non-hydrogen) atoms. The summed E-state index contributed by atoms with van der Waals surface area (Å²) in [5.41, 5.74) is 19.7. The standard InChI is InChI=1S/C61H82FN13O13/c1-33(2)22-45(51(79)26-38(14-11-21-67-60(65)66-5)56(84)73-48(55(64)83)25-39-30-68-44-16-10-9-15-42(39)44)74-61(88)69-31-53(81)46(23-36-12-7-6-8-13-36)71-57(85)43(34(3)76)28-52(80)47(29-54(63)82)72-58(86)50-27-40(62)32-75(50)59(87)49(70-35(4)77)24-37-17-19-41(78)20-18-37/h6-10,12-13,15-20,30,33-34,38,40,43,45-50,68,76,78H,11,14,21-29,31-32H2,1-5H3,(H2,63,82)(H2,64,83)(H,70,77)(H,71,85)(H,72,86)(H,73,84)(H3,65,66,67)(H2,69,74,88)/t34-,38-,40-,43+,45+,46+,47+,48+,49-,50+/m1/s1. The second-order valence-corrected chi connectivity index (χ2v) is 22.5. The molecule has 2 heterocycles. The Hall–Kier alpha value is -9.27. The molecule has 0 radical (unpaired) electrons. The number of urea groups is 1. The van der Waals surface area contributed by atoms with Crippen molar-refractivity contribution >= 4 is 81.6 Å². The monoisotopic (exact) mass is 1220 g/mol. The number of phenolic OH excluding ortho intramolecular Hbond substituents is 1. The van der Waals surface area contributed by atoms with E-state index in [9.17, 15) is 63.0 Å². The molecule has 3 aromatic carbocycles. The minimum atomic E-state index is -1.75. The van der Waals surface area contributed by atoms with E-state index >= 15 is 4.39 Å². The van der Waals surface area contributed by atoms with Crippen LogP contribution in [0.3, 0.4) is 0 Å². The maximum absolute atomic E-state index is 15.2. The number of carbonyl (C=O) groups excluding carboxylic acids is 11. The zero-order valence-electron chi connectivity index (χ0n) is 50.0. The smallest absolute Gasteiger partial charge is 0.315 e. The van der Waals surface area contributed by atoms with Crippen LogP contribution in [0.4, 0.5) is 9.18 Å². The number of amides is 9. The van der Waals surface area contributed by atoms with Gasteiger partial charge in [-0.15, -0.1) is 0 Å². The third-order valence-corrected chi connectivity index (χ3v) is 15.0. The summed E-state index contributed by atoms with van der Waals surface area (Å²) >= 11 is 0. The van der Waals surface area contributed by atoms with E-state index in [2.05, 4.69) is 47.2 Å². The van der Waals surface area contributed by atoms with Gasteiger partial charge in [0, 0.05) is 75.6 Å². The van der Waals surface area contributed by atoms with Crippen molar-refractivity contribution in [3.63, 3.8) is 0 Å². The fourth-order valence-corrected chi connectivity index (χ4v) is 10.3. The van der Waals surface area contributed by atoms with E-state index in [-0.39, 0.29) is 62.7 Å². The highest BCUT2D eigenvalue weighted by Crippen LogP contribution is 2.25. The summed E-state index contributed by atoms with van der Waals surface area (Å²) in [7, 11) is 1.49. The normalized spacial score (nSPS) is 16.8. The number of carbonyl (C=O) groups is 11. The number of nitrogens with zero attached hydrogens (tertiary/aromatic N) is 2. The third-order valence-electron chi connectivity index (χ3n) is 15.0. The predicted molar refractivity (Wildman–Crippen MR) is 323 cm³/mol. The molecule has 0 unspecified atom stereocenters. The lowest BCUT2D eigenvalue weighted by Crippen LogP contribution is -2.56. The number of rotatable bonds is 34. The van der Waals surface area contributed by atoms with Gasteiger partial charge in [0.2, 0.25) is 41.4 Å². The highest BCUT2D eigenvalue weighted by Gasteiger charge is 2.44. The summed E-state index contributed by atoms with van der Waals surface area (Å²) in [4.78, 5) is 158. The molecular weight excluding hydrogens is 1140 g/mol. The average molecular weight is 1220 g/mol. The van der Waals surface area contributed by atoms with Crippen LogP contribution >= 0.6 is 0 Å². The highest BCUT2D eigenvalue weighted by molar-refractivity contribution is 6.00. The minimum absolute atomic E-state index is 0.0531. The first kappa shape index (κ1) is 69.5.